The van der Waals surface area contributed by atoms with Crippen LogP contribution in [0.2, 0.25) is 5.02 Å². The highest BCUT2D eigenvalue weighted by Crippen LogP contribution is 2.29. The molecule has 2 unspecified atom stereocenters. The molecule has 1 aromatic carbocycles. The molecule has 0 fully saturated rings. The van der Waals surface area contributed by atoms with Gasteiger partial charge in [-0.25, -0.2) is 0 Å². The number of carbonyl (C=O) groups is 1. The maximum Gasteiger partial charge on any atom is 0.309 e. The second kappa shape index (κ2) is 4.96. The SMILES string of the molecule is CC(C(=O)O)C(O)c1ccc(Cl)c(Br)c1. The van der Waals surface area contributed by atoms with Crippen LogP contribution < -0.4 is 0 Å². The highest BCUT2D eigenvalue weighted by atomic mass is 79.9. The van der Waals surface area contributed by atoms with E-state index in [2.05, 4.69) is 15.9 Å². The van der Waals surface area contributed by atoms with Crippen molar-refractivity contribution >= 4 is 33.5 Å². The Kier molecular flexibility index (Phi) is 4.13. The van der Waals surface area contributed by atoms with Crippen molar-refractivity contribution in [3.8, 4) is 0 Å². The van der Waals surface area contributed by atoms with Gasteiger partial charge in [0.05, 0.1) is 17.0 Å². The van der Waals surface area contributed by atoms with Crippen molar-refractivity contribution < 1.29 is 15.0 Å². The third kappa shape index (κ3) is 2.93. The molecule has 0 saturated carbocycles. The number of benzene rings is 1. The lowest BCUT2D eigenvalue weighted by molar-refractivity contribution is -0.145. The van der Waals surface area contributed by atoms with Crippen molar-refractivity contribution in [1.82, 2.24) is 0 Å². The van der Waals surface area contributed by atoms with Crippen molar-refractivity contribution in [2.24, 2.45) is 5.92 Å². The summed E-state index contributed by atoms with van der Waals surface area (Å²) >= 11 is 8.99. The summed E-state index contributed by atoms with van der Waals surface area (Å²) < 4.78 is 0.637. The Morgan fingerprint density at radius 2 is 2.13 bits per heavy atom. The molecule has 0 radical (unpaired) electrons. The summed E-state index contributed by atoms with van der Waals surface area (Å²) in [6.45, 7) is 1.45. The zero-order valence-corrected chi connectivity index (χ0v) is 10.3. The minimum atomic E-state index is -1.03. The highest BCUT2D eigenvalue weighted by Gasteiger charge is 2.23. The summed E-state index contributed by atoms with van der Waals surface area (Å²) in [6, 6.07) is 4.84. The maximum absolute atomic E-state index is 10.7. The number of aliphatic hydroxyl groups is 1. The molecule has 3 nitrogen and oxygen atoms in total. The Morgan fingerprint density at radius 1 is 1.53 bits per heavy atom. The van der Waals surface area contributed by atoms with E-state index >= 15 is 0 Å². The van der Waals surface area contributed by atoms with Gasteiger partial charge in [-0.3, -0.25) is 4.79 Å². The van der Waals surface area contributed by atoms with Crippen LogP contribution in [0.15, 0.2) is 22.7 Å². The molecule has 5 heteroatoms. The fourth-order valence-electron chi connectivity index (χ4n) is 1.12. The molecule has 0 aliphatic carbocycles. The van der Waals surface area contributed by atoms with Crippen molar-refractivity contribution in [2.75, 3.05) is 0 Å². The first-order chi connectivity index (χ1) is 6.93. The smallest absolute Gasteiger partial charge is 0.309 e. The topological polar surface area (TPSA) is 57.5 Å². The zero-order valence-electron chi connectivity index (χ0n) is 7.95. The molecular formula is C10H10BrClO3. The number of carboxylic acids is 1. The molecule has 2 atom stereocenters. The summed E-state index contributed by atoms with van der Waals surface area (Å²) in [7, 11) is 0. The van der Waals surface area contributed by atoms with Gasteiger partial charge in [-0.2, -0.15) is 0 Å². The van der Waals surface area contributed by atoms with E-state index < -0.39 is 18.0 Å². The van der Waals surface area contributed by atoms with Crippen LogP contribution in [0, 0.1) is 5.92 Å². The summed E-state index contributed by atoms with van der Waals surface area (Å²) in [4.78, 5) is 10.7. The van der Waals surface area contributed by atoms with Crippen molar-refractivity contribution in [3.63, 3.8) is 0 Å². The Hall–Kier alpha value is -0.580. The third-order valence-electron chi connectivity index (χ3n) is 2.15. The van der Waals surface area contributed by atoms with Crippen molar-refractivity contribution in [3.05, 3.63) is 33.3 Å². The predicted molar refractivity (Wildman–Crippen MR) is 60.9 cm³/mol. The van der Waals surface area contributed by atoms with Crippen LogP contribution in [-0.2, 0) is 4.79 Å². The molecule has 0 aliphatic heterocycles. The van der Waals surface area contributed by atoms with Gasteiger partial charge in [-0.15, -0.1) is 0 Å². The fraction of sp³-hybridized carbons (Fsp3) is 0.300. The lowest BCUT2D eigenvalue weighted by Crippen LogP contribution is -2.18. The quantitative estimate of drug-likeness (QED) is 0.901. The molecule has 1 aromatic rings. The second-order valence-electron chi connectivity index (χ2n) is 3.25. The average molecular weight is 294 g/mol. The van der Waals surface area contributed by atoms with E-state index in [0.29, 0.717) is 15.1 Å². The summed E-state index contributed by atoms with van der Waals surface area (Å²) in [5.41, 5.74) is 0.529. The summed E-state index contributed by atoms with van der Waals surface area (Å²) in [6.07, 6.45) is -1.03. The standard InChI is InChI=1S/C10H10BrClO3/c1-5(10(14)15)9(13)6-2-3-8(12)7(11)4-6/h2-5,9,13H,1H3,(H,14,15). The van der Waals surface area contributed by atoms with E-state index in [9.17, 15) is 9.90 Å². The minimum Gasteiger partial charge on any atom is -0.481 e. The van der Waals surface area contributed by atoms with Gasteiger partial charge in [-0.1, -0.05) is 17.7 Å². The second-order valence-corrected chi connectivity index (χ2v) is 4.51. The first-order valence-electron chi connectivity index (χ1n) is 4.29. The monoisotopic (exact) mass is 292 g/mol. The van der Waals surface area contributed by atoms with E-state index in [1.807, 2.05) is 0 Å². The molecule has 0 bridgehead atoms. The van der Waals surface area contributed by atoms with Gasteiger partial charge < -0.3 is 10.2 Å². The van der Waals surface area contributed by atoms with Gasteiger partial charge in [0.25, 0.3) is 0 Å². The minimum absolute atomic E-state index is 0.522. The van der Waals surface area contributed by atoms with Crippen LogP contribution in [0.4, 0.5) is 0 Å². The van der Waals surface area contributed by atoms with Gasteiger partial charge in [0.2, 0.25) is 0 Å². The number of hydrogen-bond donors (Lipinski definition) is 2. The lowest BCUT2D eigenvalue weighted by Gasteiger charge is -2.15. The number of rotatable bonds is 3. The normalized spacial score (nSPS) is 14.7. The first-order valence-corrected chi connectivity index (χ1v) is 5.46. The Labute approximate surface area is 101 Å². The molecule has 2 N–H and O–H groups in total. The number of hydrogen-bond acceptors (Lipinski definition) is 2. The maximum atomic E-state index is 10.7. The predicted octanol–water partition coefficient (Wildman–Crippen LogP) is 2.86. The van der Waals surface area contributed by atoms with Crippen LogP contribution in [-0.4, -0.2) is 16.2 Å². The van der Waals surface area contributed by atoms with Gasteiger partial charge in [0.15, 0.2) is 0 Å². The molecule has 0 spiro atoms. The van der Waals surface area contributed by atoms with Gasteiger partial charge in [0.1, 0.15) is 0 Å². The molecule has 82 valence electrons. The first kappa shape index (κ1) is 12.5. The number of carboxylic acid groups (broad SMARTS) is 1. The van der Waals surface area contributed by atoms with E-state index in [4.69, 9.17) is 16.7 Å². The van der Waals surface area contributed by atoms with Gasteiger partial charge in [0, 0.05) is 4.47 Å². The Balaban J connectivity index is 2.96. The fourth-order valence-corrected chi connectivity index (χ4v) is 1.63. The molecule has 0 amide bonds. The molecule has 15 heavy (non-hydrogen) atoms. The highest BCUT2D eigenvalue weighted by molar-refractivity contribution is 9.10. The molecule has 0 heterocycles. The van der Waals surface area contributed by atoms with Gasteiger partial charge >= 0.3 is 5.97 Å². The van der Waals surface area contributed by atoms with Gasteiger partial charge in [-0.05, 0) is 40.5 Å². The van der Waals surface area contributed by atoms with Crippen molar-refractivity contribution in [1.29, 1.82) is 0 Å². The van der Waals surface area contributed by atoms with E-state index in [-0.39, 0.29) is 0 Å². The van der Waals surface area contributed by atoms with E-state index in [1.165, 1.54) is 6.92 Å². The molecule has 0 aromatic heterocycles. The van der Waals surface area contributed by atoms with E-state index in [1.54, 1.807) is 18.2 Å². The molecule has 0 aliphatic rings. The van der Waals surface area contributed by atoms with E-state index in [0.717, 1.165) is 0 Å². The largest absolute Gasteiger partial charge is 0.481 e. The van der Waals surface area contributed by atoms with Crippen LogP contribution >= 0.6 is 27.5 Å². The summed E-state index contributed by atoms with van der Waals surface area (Å²) in [5.74, 6) is -1.88. The van der Waals surface area contributed by atoms with Crippen LogP contribution in [0.1, 0.15) is 18.6 Å². The summed E-state index contributed by atoms with van der Waals surface area (Å²) in [5, 5.41) is 19.0. The lowest BCUT2D eigenvalue weighted by atomic mass is 9.98. The van der Waals surface area contributed by atoms with Crippen LogP contribution in [0.25, 0.3) is 0 Å². The van der Waals surface area contributed by atoms with Crippen LogP contribution in [0.5, 0.6) is 0 Å². The zero-order chi connectivity index (χ0) is 11.6. The number of aliphatic hydroxyl groups excluding tert-OH is 1. The van der Waals surface area contributed by atoms with Crippen molar-refractivity contribution in [2.45, 2.75) is 13.0 Å². The number of aliphatic carboxylic acids is 1. The third-order valence-corrected chi connectivity index (χ3v) is 3.36. The van der Waals surface area contributed by atoms with Crippen LogP contribution in [0.3, 0.4) is 0 Å². The Bertz CT molecular complexity index is 381. The molecule has 0 saturated heterocycles. The Morgan fingerprint density at radius 3 is 2.60 bits per heavy atom. The molecular weight excluding hydrogens is 283 g/mol. The molecule has 1 rings (SSSR count). The number of halogens is 2. The average Bonchev–Trinajstić information content (AvgIpc) is 2.19.